The van der Waals surface area contributed by atoms with Crippen molar-refractivity contribution in [2.75, 3.05) is 18.1 Å². The van der Waals surface area contributed by atoms with Crippen LogP contribution in [-0.4, -0.2) is 28.8 Å². The Hall–Kier alpha value is -0.540. The van der Waals surface area contributed by atoms with Crippen LogP contribution in [-0.2, 0) is 6.54 Å². The lowest BCUT2D eigenvalue weighted by Gasteiger charge is -2.21. The fourth-order valence-corrected chi connectivity index (χ4v) is 3.76. The van der Waals surface area contributed by atoms with Gasteiger partial charge in [0.25, 0.3) is 0 Å². The second-order valence-electron chi connectivity index (χ2n) is 4.04. The lowest BCUT2D eigenvalue weighted by molar-refractivity contribution is 0.0675. The third kappa shape index (κ3) is 2.98. The number of nitriles is 1. The molecule has 2 heterocycles. The van der Waals surface area contributed by atoms with Crippen molar-refractivity contribution in [1.82, 2.24) is 5.32 Å². The Balaban J connectivity index is 1.77. The molecule has 0 amide bonds. The molecule has 3 nitrogen and oxygen atoms in total. The SMILES string of the molecule is N#Cc1csc(CNCC2(O)CCSC2)c1. The molecule has 1 saturated heterocycles. The molecule has 0 radical (unpaired) electrons. The van der Waals surface area contributed by atoms with Gasteiger partial charge < -0.3 is 10.4 Å². The van der Waals surface area contributed by atoms with Crippen LogP contribution in [0.1, 0.15) is 16.9 Å². The summed E-state index contributed by atoms with van der Waals surface area (Å²) in [4.78, 5) is 1.14. The highest BCUT2D eigenvalue weighted by molar-refractivity contribution is 7.99. The van der Waals surface area contributed by atoms with Gasteiger partial charge in [0.05, 0.1) is 11.2 Å². The zero-order valence-corrected chi connectivity index (χ0v) is 10.5. The Bertz CT molecular complexity index is 391. The van der Waals surface area contributed by atoms with Crippen molar-refractivity contribution in [1.29, 1.82) is 5.26 Å². The van der Waals surface area contributed by atoms with E-state index in [0.29, 0.717) is 6.54 Å². The number of hydrogen-bond acceptors (Lipinski definition) is 5. The second-order valence-corrected chi connectivity index (χ2v) is 6.14. The molecule has 2 rings (SSSR count). The molecule has 0 spiro atoms. The molecular weight excluding hydrogens is 240 g/mol. The van der Waals surface area contributed by atoms with E-state index in [0.717, 1.165) is 34.9 Å². The molecule has 0 bridgehead atoms. The molecule has 0 aliphatic carbocycles. The highest BCUT2D eigenvalue weighted by Gasteiger charge is 2.30. The van der Waals surface area contributed by atoms with Gasteiger partial charge in [0.15, 0.2) is 0 Å². The first-order valence-electron chi connectivity index (χ1n) is 5.20. The van der Waals surface area contributed by atoms with Crippen LogP contribution in [0, 0.1) is 11.3 Å². The predicted octanol–water partition coefficient (Wildman–Crippen LogP) is 1.58. The molecule has 0 aromatic carbocycles. The molecule has 86 valence electrons. The van der Waals surface area contributed by atoms with Crippen LogP contribution in [0.25, 0.3) is 0 Å². The van der Waals surface area contributed by atoms with Gasteiger partial charge in [-0.15, -0.1) is 11.3 Å². The first-order valence-corrected chi connectivity index (χ1v) is 7.24. The van der Waals surface area contributed by atoms with Gasteiger partial charge in [0, 0.05) is 29.1 Å². The summed E-state index contributed by atoms with van der Waals surface area (Å²) < 4.78 is 0. The summed E-state index contributed by atoms with van der Waals surface area (Å²) in [6.45, 7) is 1.37. The minimum Gasteiger partial charge on any atom is -0.388 e. The zero-order chi connectivity index (χ0) is 11.4. The maximum Gasteiger partial charge on any atom is 0.100 e. The van der Waals surface area contributed by atoms with Crippen molar-refractivity contribution in [2.45, 2.75) is 18.6 Å². The first kappa shape index (κ1) is 11.9. The molecular formula is C11H14N2OS2. The standard InChI is InChI=1S/C11H14N2OS2/c12-4-9-3-10(16-6-9)5-13-7-11(14)1-2-15-8-11/h3,6,13-14H,1-2,5,7-8H2. The van der Waals surface area contributed by atoms with Gasteiger partial charge in [-0.3, -0.25) is 0 Å². The van der Waals surface area contributed by atoms with Crippen LogP contribution < -0.4 is 5.32 Å². The summed E-state index contributed by atoms with van der Waals surface area (Å²) in [5.74, 6) is 1.88. The molecule has 1 aliphatic rings. The Morgan fingerprint density at radius 3 is 3.12 bits per heavy atom. The van der Waals surface area contributed by atoms with Gasteiger partial charge in [0.1, 0.15) is 6.07 Å². The Morgan fingerprint density at radius 1 is 1.62 bits per heavy atom. The highest BCUT2D eigenvalue weighted by atomic mass is 32.2. The number of thiophene rings is 1. The smallest absolute Gasteiger partial charge is 0.100 e. The number of hydrogen-bond donors (Lipinski definition) is 2. The van der Waals surface area contributed by atoms with Crippen LogP contribution in [0.5, 0.6) is 0 Å². The zero-order valence-electron chi connectivity index (χ0n) is 8.90. The van der Waals surface area contributed by atoms with E-state index in [1.165, 1.54) is 0 Å². The molecule has 5 heteroatoms. The molecule has 1 aromatic heterocycles. The lowest BCUT2D eigenvalue weighted by Crippen LogP contribution is -2.40. The molecule has 1 atom stereocenters. The van der Waals surface area contributed by atoms with Gasteiger partial charge in [0.2, 0.25) is 0 Å². The minimum absolute atomic E-state index is 0.528. The molecule has 2 N–H and O–H groups in total. The van der Waals surface area contributed by atoms with Crippen LogP contribution in [0.4, 0.5) is 0 Å². The predicted molar refractivity (Wildman–Crippen MR) is 67.6 cm³/mol. The van der Waals surface area contributed by atoms with Gasteiger partial charge in [-0.25, -0.2) is 0 Å². The van der Waals surface area contributed by atoms with Crippen molar-refractivity contribution in [2.24, 2.45) is 0 Å². The van der Waals surface area contributed by atoms with Gasteiger partial charge in [-0.2, -0.15) is 17.0 Å². The monoisotopic (exact) mass is 254 g/mol. The number of aliphatic hydroxyl groups is 1. The van der Waals surface area contributed by atoms with Crippen molar-refractivity contribution in [3.05, 3.63) is 21.9 Å². The van der Waals surface area contributed by atoms with E-state index in [4.69, 9.17) is 5.26 Å². The summed E-state index contributed by atoms with van der Waals surface area (Å²) in [5.41, 5.74) is 0.192. The maximum atomic E-state index is 10.1. The van der Waals surface area contributed by atoms with Crippen LogP contribution >= 0.6 is 23.1 Å². The van der Waals surface area contributed by atoms with E-state index in [-0.39, 0.29) is 0 Å². The summed E-state index contributed by atoms with van der Waals surface area (Å²) in [5, 5.41) is 23.9. The first-order chi connectivity index (χ1) is 7.72. The fraction of sp³-hybridized carbons (Fsp3) is 0.545. The van der Waals surface area contributed by atoms with E-state index in [2.05, 4.69) is 11.4 Å². The van der Waals surface area contributed by atoms with Crippen molar-refractivity contribution < 1.29 is 5.11 Å². The highest BCUT2D eigenvalue weighted by Crippen LogP contribution is 2.27. The molecule has 1 aliphatic heterocycles. The van der Waals surface area contributed by atoms with E-state index in [1.807, 2.05) is 11.4 Å². The average molecular weight is 254 g/mol. The van der Waals surface area contributed by atoms with Crippen molar-refractivity contribution >= 4 is 23.1 Å². The van der Waals surface area contributed by atoms with Crippen LogP contribution in [0.2, 0.25) is 0 Å². The largest absolute Gasteiger partial charge is 0.388 e. The summed E-state index contributed by atoms with van der Waals surface area (Å²) in [6, 6.07) is 4.01. The maximum absolute atomic E-state index is 10.1. The van der Waals surface area contributed by atoms with Gasteiger partial charge in [-0.05, 0) is 18.2 Å². The third-order valence-electron chi connectivity index (χ3n) is 2.62. The summed E-state index contributed by atoms with van der Waals surface area (Å²) >= 11 is 3.39. The lowest BCUT2D eigenvalue weighted by atomic mass is 10.0. The molecule has 16 heavy (non-hydrogen) atoms. The van der Waals surface area contributed by atoms with Crippen molar-refractivity contribution in [3.8, 4) is 6.07 Å². The van der Waals surface area contributed by atoms with E-state index in [9.17, 15) is 5.11 Å². The normalized spacial score (nSPS) is 24.5. The van der Waals surface area contributed by atoms with Gasteiger partial charge >= 0.3 is 0 Å². The number of nitrogens with one attached hydrogen (secondary N) is 1. The number of nitrogens with zero attached hydrogens (tertiary/aromatic N) is 1. The quantitative estimate of drug-likeness (QED) is 0.856. The average Bonchev–Trinajstić information content (AvgIpc) is 2.88. The van der Waals surface area contributed by atoms with Gasteiger partial charge in [-0.1, -0.05) is 0 Å². The Kier molecular flexibility index (Phi) is 3.87. The molecule has 1 fully saturated rings. The third-order valence-corrected chi connectivity index (χ3v) is 4.79. The van der Waals surface area contributed by atoms with Crippen molar-refractivity contribution in [3.63, 3.8) is 0 Å². The summed E-state index contributed by atoms with van der Waals surface area (Å²) in [7, 11) is 0. The molecule has 0 saturated carbocycles. The second kappa shape index (κ2) is 5.19. The van der Waals surface area contributed by atoms with Crippen LogP contribution in [0.15, 0.2) is 11.4 Å². The number of rotatable bonds is 4. The Morgan fingerprint density at radius 2 is 2.50 bits per heavy atom. The van der Waals surface area contributed by atoms with Crippen LogP contribution in [0.3, 0.4) is 0 Å². The van der Waals surface area contributed by atoms with E-state index < -0.39 is 5.60 Å². The topological polar surface area (TPSA) is 56.0 Å². The fourth-order valence-electron chi connectivity index (χ4n) is 1.69. The number of thioether (sulfide) groups is 1. The minimum atomic E-state index is -0.528. The van der Waals surface area contributed by atoms with E-state index >= 15 is 0 Å². The molecule has 1 aromatic rings. The Labute approximate surface area is 103 Å². The summed E-state index contributed by atoms with van der Waals surface area (Å²) in [6.07, 6.45) is 0.874. The molecule has 1 unspecified atom stereocenters. The van der Waals surface area contributed by atoms with E-state index in [1.54, 1.807) is 23.1 Å².